The highest BCUT2D eigenvalue weighted by Gasteiger charge is 2.50. The summed E-state index contributed by atoms with van der Waals surface area (Å²) in [7, 11) is 1.74. The number of ether oxygens (including phenoxy) is 1. The van der Waals surface area contributed by atoms with E-state index in [0.29, 0.717) is 5.92 Å². The molecule has 4 nitrogen and oxygen atoms in total. The Hall–Kier alpha value is -0.610. The average molecular weight is 227 g/mol. The molecule has 1 aliphatic carbocycles. The van der Waals surface area contributed by atoms with Crippen molar-refractivity contribution in [3.8, 4) is 0 Å². The van der Waals surface area contributed by atoms with Gasteiger partial charge in [-0.05, 0) is 25.7 Å². The summed E-state index contributed by atoms with van der Waals surface area (Å²) in [6, 6.07) is -0.362. The molecule has 0 aromatic carbocycles. The fraction of sp³-hybridized carbons (Fsp3) is 0.917. The van der Waals surface area contributed by atoms with Crippen molar-refractivity contribution in [2.24, 2.45) is 11.3 Å². The van der Waals surface area contributed by atoms with Gasteiger partial charge in [0.1, 0.15) is 6.04 Å². The first-order valence-electron chi connectivity index (χ1n) is 6.05. The average Bonchev–Trinajstić information content (AvgIpc) is 2.73. The van der Waals surface area contributed by atoms with E-state index in [4.69, 9.17) is 9.84 Å². The van der Waals surface area contributed by atoms with Crippen molar-refractivity contribution in [3.05, 3.63) is 0 Å². The van der Waals surface area contributed by atoms with Gasteiger partial charge in [0.15, 0.2) is 0 Å². The number of hydrogen-bond acceptors (Lipinski definition) is 3. The molecule has 0 aromatic rings. The van der Waals surface area contributed by atoms with Crippen molar-refractivity contribution in [3.63, 3.8) is 0 Å². The molecule has 92 valence electrons. The Kier molecular flexibility index (Phi) is 3.22. The number of carbonyl (C=O) groups is 1. The van der Waals surface area contributed by atoms with Gasteiger partial charge in [0.2, 0.25) is 0 Å². The van der Waals surface area contributed by atoms with Crippen LogP contribution in [0.5, 0.6) is 0 Å². The molecule has 1 aliphatic heterocycles. The predicted molar refractivity (Wildman–Crippen MR) is 60.3 cm³/mol. The van der Waals surface area contributed by atoms with Gasteiger partial charge in [0.25, 0.3) is 0 Å². The highest BCUT2D eigenvalue weighted by atomic mass is 16.5. The molecule has 1 saturated carbocycles. The molecule has 0 spiro atoms. The first kappa shape index (κ1) is 11.9. The fourth-order valence-electron chi connectivity index (χ4n) is 3.43. The molecule has 0 bridgehead atoms. The van der Waals surface area contributed by atoms with E-state index in [1.807, 2.05) is 0 Å². The van der Waals surface area contributed by atoms with E-state index < -0.39 is 5.97 Å². The van der Waals surface area contributed by atoms with E-state index >= 15 is 0 Å². The van der Waals surface area contributed by atoms with Gasteiger partial charge in [0.05, 0.1) is 6.61 Å². The van der Waals surface area contributed by atoms with Crippen molar-refractivity contribution in [2.45, 2.75) is 32.2 Å². The Balaban J connectivity index is 2.07. The Labute approximate surface area is 96.6 Å². The van der Waals surface area contributed by atoms with Crippen molar-refractivity contribution < 1.29 is 14.6 Å². The van der Waals surface area contributed by atoms with E-state index in [9.17, 15) is 4.79 Å². The van der Waals surface area contributed by atoms with Crippen LogP contribution in [0.2, 0.25) is 0 Å². The number of aliphatic carboxylic acids is 1. The smallest absolute Gasteiger partial charge is 0.320 e. The van der Waals surface area contributed by atoms with Crippen LogP contribution in [0.1, 0.15) is 26.2 Å². The van der Waals surface area contributed by atoms with Gasteiger partial charge in [0, 0.05) is 25.6 Å². The zero-order chi connectivity index (χ0) is 11.8. The molecule has 1 heterocycles. The standard InChI is InChI=1S/C12H21NO3/c1-9(11(14)15)13-6-10-4-3-5-12(10,7-13)8-16-2/h9-10H,3-8H2,1-2H3,(H,14,15)/t9-,10+,12+/m0/s1. The van der Waals surface area contributed by atoms with E-state index in [-0.39, 0.29) is 11.5 Å². The first-order chi connectivity index (χ1) is 7.59. The molecule has 16 heavy (non-hydrogen) atoms. The van der Waals surface area contributed by atoms with E-state index in [2.05, 4.69) is 4.90 Å². The number of nitrogens with zero attached hydrogens (tertiary/aromatic N) is 1. The van der Waals surface area contributed by atoms with Crippen LogP contribution in [0.4, 0.5) is 0 Å². The first-order valence-corrected chi connectivity index (χ1v) is 6.05. The van der Waals surface area contributed by atoms with Gasteiger partial charge >= 0.3 is 5.97 Å². The lowest BCUT2D eigenvalue weighted by Crippen LogP contribution is -2.39. The van der Waals surface area contributed by atoms with Gasteiger partial charge in [-0.3, -0.25) is 9.69 Å². The Bertz CT molecular complexity index is 281. The normalized spacial score (nSPS) is 36.2. The number of carboxylic acid groups (broad SMARTS) is 1. The van der Waals surface area contributed by atoms with Gasteiger partial charge in [-0.25, -0.2) is 0 Å². The predicted octanol–water partition coefficient (Wildman–Crippen LogP) is 1.21. The third-order valence-electron chi connectivity index (χ3n) is 4.40. The second-order valence-corrected chi connectivity index (χ2v) is 5.33. The third kappa shape index (κ3) is 1.84. The molecule has 2 aliphatic rings. The molecule has 1 N–H and O–H groups in total. The third-order valence-corrected chi connectivity index (χ3v) is 4.40. The van der Waals surface area contributed by atoms with Gasteiger partial charge in [-0.2, -0.15) is 0 Å². The molecule has 0 aromatic heterocycles. The number of methoxy groups -OCH3 is 1. The van der Waals surface area contributed by atoms with Gasteiger partial charge in [-0.15, -0.1) is 0 Å². The minimum Gasteiger partial charge on any atom is -0.480 e. The number of carboxylic acids is 1. The van der Waals surface area contributed by atoms with Crippen LogP contribution in [0, 0.1) is 11.3 Å². The van der Waals surface area contributed by atoms with Crippen molar-refractivity contribution >= 4 is 5.97 Å². The number of hydrogen-bond donors (Lipinski definition) is 1. The van der Waals surface area contributed by atoms with Crippen LogP contribution in [-0.2, 0) is 9.53 Å². The molecule has 0 unspecified atom stereocenters. The number of rotatable bonds is 4. The summed E-state index contributed by atoms with van der Waals surface area (Å²) in [6.45, 7) is 4.38. The lowest BCUT2D eigenvalue weighted by Gasteiger charge is -2.28. The number of likely N-dealkylation sites (tertiary alicyclic amines) is 1. The number of fused-ring (bicyclic) bond motifs is 1. The lowest BCUT2D eigenvalue weighted by atomic mass is 9.82. The summed E-state index contributed by atoms with van der Waals surface area (Å²) in [6.07, 6.45) is 3.68. The van der Waals surface area contributed by atoms with E-state index in [1.165, 1.54) is 19.3 Å². The topological polar surface area (TPSA) is 49.8 Å². The van der Waals surface area contributed by atoms with Gasteiger partial charge < -0.3 is 9.84 Å². The minimum absolute atomic E-state index is 0.235. The molecule has 4 heteroatoms. The molecular weight excluding hydrogens is 206 g/mol. The molecule has 3 atom stereocenters. The van der Waals surface area contributed by atoms with Crippen LogP contribution in [0.25, 0.3) is 0 Å². The fourth-order valence-corrected chi connectivity index (χ4v) is 3.43. The Morgan fingerprint density at radius 1 is 1.69 bits per heavy atom. The second kappa shape index (κ2) is 4.34. The SMILES string of the molecule is COC[C@]12CCC[C@@H]1CN([C@@H](C)C(=O)O)C2. The highest BCUT2D eigenvalue weighted by molar-refractivity contribution is 5.72. The second-order valence-electron chi connectivity index (χ2n) is 5.33. The summed E-state index contributed by atoms with van der Waals surface area (Å²) < 4.78 is 5.34. The van der Waals surface area contributed by atoms with Crippen LogP contribution in [0.15, 0.2) is 0 Å². The maximum absolute atomic E-state index is 11.0. The monoisotopic (exact) mass is 227 g/mol. The van der Waals surface area contributed by atoms with Crippen molar-refractivity contribution in [1.29, 1.82) is 0 Å². The highest BCUT2D eigenvalue weighted by Crippen LogP contribution is 2.49. The molecule has 2 rings (SSSR count). The van der Waals surface area contributed by atoms with Crippen LogP contribution in [0.3, 0.4) is 0 Å². The van der Waals surface area contributed by atoms with Crippen LogP contribution >= 0.6 is 0 Å². The zero-order valence-electron chi connectivity index (χ0n) is 10.1. The lowest BCUT2D eigenvalue weighted by molar-refractivity contribution is -0.142. The summed E-state index contributed by atoms with van der Waals surface area (Å²) in [5.41, 5.74) is 0.235. The molecule has 0 radical (unpaired) electrons. The van der Waals surface area contributed by atoms with Crippen LogP contribution in [-0.4, -0.2) is 48.8 Å². The molecule has 0 amide bonds. The quantitative estimate of drug-likeness (QED) is 0.784. The maximum Gasteiger partial charge on any atom is 0.320 e. The summed E-state index contributed by atoms with van der Waals surface area (Å²) in [5, 5.41) is 9.05. The Morgan fingerprint density at radius 2 is 2.44 bits per heavy atom. The van der Waals surface area contributed by atoms with Crippen molar-refractivity contribution in [2.75, 3.05) is 26.8 Å². The Morgan fingerprint density at radius 3 is 3.06 bits per heavy atom. The van der Waals surface area contributed by atoms with E-state index in [1.54, 1.807) is 14.0 Å². The zero-order valence-corrected chi connectivity index (χ0v) is 10.1. The minimum atomic E-state index is -0.715. The largest absolute Gasteiger partial charge is 0.480 e. The van der Waals surface area contributed by atoms with Crippen molar-refractivity contribution in [1.82, 2.24) is 4.90 Å². The maximum atomic E-state index is 11.0. The van der Waals surface area contributed by atoms with E-state index in [0.717, 1.165) is 19.7 Å². The summed E-state index contributed by atoms with van der Waals surface area (Å²) in [5.74, 6) is -0.0817. The molecule has 2 fully saturated rings. The summed E-state index contributed by atoms with van der Waals surface area (Å²) in [4.78, 5) is 13.1. The molecule has 1 saturated heterocycles. The molecular formula is C12H21NO3. The summed E-state index contributed by atoms with van der Waals surface area (Å²) >= 11 is 0. The van der Waals surface area contributed by atoms with Crippen LogP contribution < -0.4 is 0 Å². The van der Waals surface area contributed by atoms with Gasteiger partial charge in [-0.1, -0.05) is 6.42 Å².